The minimum absolute atomic E-state index is 0.517. The second kappa shape index (κ2) is 9.56. The van der Waals surface area contributed by atoms with Crippen LogP contribution in [0.25, 0.3) is 10.9 Å². The average molecular weight is 452 g/mol. The first-order valence-electron chi connectivity index (χ1n) is 10.8. The van der Waals surface area contributed by atoms with E-state index in [2.05, 4.69) is 63.2 Å². The average Bonchev–Trinajstić information content (AvgIpc) is 2.83. The molecule has 0 spiro atoms. The van der Waals surface area contributed by atoms with Crippen LogP contribution in [0.5, 0.6) is 11.5 Å². The van der Waals surface area contributed by atoms with E-state index in [1.165, 1.54) is 5.56 Å². The highest BCUT2D eigenvalue weighted by atomic mass is 32.1. The summed E-state index contributed by atoms with van der Waals surface area (Å²) in [5, 5.41) is 5.07. The van der Waals surface area contributed by atoms with E-state index in [1.54, 1.807) is 20.5 Å². The van der Waals surface area contributed by atoms with Crippen molar-refractivity contribution >= 4 is 39.7 Å². The molecule has 0 radical (unpaired) electrons. The van der Waals surface area contributed by atoms with E-state index in [1.807, 2.05) is 12.1 Å². The van der Waals surface area contributed by atoms with E-state index in [-0.39, 0.29) is 0 Å². The van der Waals surface area contributed by atoms with E-state index in [4.69, 9.17) is 21.7 Å². The van der Waals surface area contributed by atoms with Gasteiger partial charge in [-0.2, -0.15) is 0 Å². The summed E-state index contributed by atoms with van der Waals surface area (Å²) in [6, 6.07) is 12.3. The van der Waals surface area contributed by atoms with Crippen molar-refractivity contribution in [1.29, 1.82) is 0 Å². The molecule has 0 unspecified atom stereocenters. The fraction of sp³-hybridized carbons (Fsp3) is 0.375. The predicted octanol–water partition coefficient (Wildman–Crippen LogP) is 4.29. The Hall–Kier alpha value is -3.13. The number of nitrogens with one attached hydrogen (secondary N) is 1. The molecule has 0 bridgehead atoms. The van der Waals surface area contributed by atoms with Crippen LogP contribution in [0.4, 0.5) is 11.5 Å². The van der Waals surface area contributed by atoms with Crippen molar-refractivity contribution in [3.63, 3.8) is 0 Å². The number of anilines is 2. The third kappa shape index (κ3) is 4.55. The number of fused-ring (bicyclic) bond motifs is 1. The monoisotopic (exact) mass is 451 g/mol. The molecule has 3 aromatic rings. The van der Waals surface area contributed by atoms with Crippen LogP contribution in [0, 0.1) is 0 Å². The van der Waals surface area contributed by atoms with Gasteiger partial charge in [0.1, 0.15) is 12.1 Å². The number of hydrogen-bond acceptors (Lipinski definition) is 6. The first-order chi connectivity index (χ1) is 15.5. The molecule has 0 saturated carbocycles. The number of thiocarbonyl (C=S) groups is 1. The Bertz CT molecular complexity index is 1100. The molecule has 0 amide bonds. The zero-order chi connectivity index (χ0) is 22.7. The van der Waals surface area contributed by atoms with Gasteiger partial charge in [0.2, 0.25) is 0 Å². The van der Waals surface area contributed by atoms with Gasteiger partial charge in [-0.25, -0.2) is 9.97 Å². The molecule has 7 nitrogen and oxygen atoms in total. The van der Waals surface area contributed by atoms with Crippen molar-refractivity contribution < 1.29 is 9.47 Å². The maximum absolute atomic E-state index is 5.67. The summed E-state index contributed by atoms with van der Waals surface area (Å²) in [6.45, 7) is 7.65. The molecule has 1 saturated heterocycles. The molecule has 0 aliphatic carbocycles. The van der Waals surface area contributed by atoms with Gasteiger partial charge in [0.25, 0.3) is 0 Å². The summed E-state index contributed by atoms with van der Waals surface area (Å²) >= 11 is 5.67. The fourth-order valence-corrected chi connectivity index (χ4v) is 4.20. The van der Waals surface area contributed by atoms with Crippen LogP contribution in [-0.4, -0.2) is 60.4 Å². The van der Waals surface area contributed by atoms with Crippen LogP contribution in [0.3, 0.4) is 0 Å². The number of methoxy groups -OCH3 is 2. The standard InChI is InChI=1S/C24H29N5O2S/c1-16(2)17-5-7-18(8-6-17)27-24(32)29-11-9-28(10-12-29)23-19-13-21(30-3)22(31-4)14-20(19)25-15-26-23/h5-8,13-16H,9-12H2,1-4H3,(H,27,32). The van der Waals surface area contributed by atoms with E-state index < -0.39 is 0 Å². The molecule has 4 rings (SSSR count). The van der Waals surface area contributed by atoms with E-state index in [9.17, 15) is 0 Å². The van der Waals surface area contributed by atoms with Gasteiger partial charge in [-0.15, -0.1) is 0 Å². The zero-order valence-corrected chi connectivity index (χ0v) is 19.8. The zero-order valence-electron chi connectivity index (χ0n) is 19.0. The Morgan fingerprint density at radius 1 is 0.969 bits per heavy atom. The molecule has 32 heavy (non-hydrogen) atoms. The number of hydrogen-bond donors (Lipinski definition) is 1. The topological polar surface area (TPSA) is 62.8 Å². The van der Waals surface area contributed by atoms with Gasteiger partial charge in [0.05, 0.1) is 19.7 Å². The summed E-state index contributed by atoms with van der Waals surface area (Å²) in [7, 11) is 3.26. The maximum Gasteiger partial charge on any atom is 0.173 e. The number of rotatable bonds is 5. The van der Waals surface area contributed by atoms with Crippen LogP contribution in [-0.2, 0) is 0 Å². The van der Waals surface area contributed by atoms with Crippen molar-refractivity contribution in [2.24, 2.45) is 0 Å². The Kier molecular flexibility index (Phi) is 6.60. The Morgan fingerprint density at radius 3 is 2.25 bits per heavy atom. The predicted molar refractivity (Wildman–Crippen MR) is 133 cm³/mol. The maximum atomic E-state index is 5.67. The second-order valence-electron chi connectivity index (χ2n) is 8.10. The number of aromatic nitrogens is 2. The summed E-state index contributed by atoms with van der Waals surface area (Å²) < 4.78 is 10.9. The Labute approximate surface area is 194 Å². The van der Waals surface area contributed by atoms with Gasteiger partial charge in [0.15, 0.2) is 16.6 Å². The summed E-state index contributed by atoms with van der Waals surface area (Å²) in [4.78, 5) is 13.5. The fourth-order valence-electron chi connectivity index (χ4n) is 3.90. The van der Waals surface area contributed by atoms with Gasteiger partial charge in [-0.1, -0.05) is 26.0 Å². The second-order valence-corrected chi connectivity index (χ2v) is 8.49. The smallest absolute Gasteiger partial charge is 0.173 e. The number of nitrogens with zero attached hydrogens (tertiary/aromatic N) is 4. The molecule has 168 valence electrons. The minimum Gasteiger partial charge on any atom is -0.493 e. The quantitative estimate of drug-likeness (QED) is 0.577. The molecule has 2 heterocycles. The molecule has 2 aromatic carbocycles. The molecular weight excluding hydrogens is 422 g/mol. The van der Waals surface area contributed by atoms with Crippen LogP contribution < -0.4 is 19.7 Å². The highest BCUT2D eigenvalue weighted by molar-refractivity contribution is 7.80. The van der Waals surface area contributed by atoms with Crippen LogP contribution >= 0.6 is 12.2 Å². The molecule has 1 fully saturated rings. The lowest BCUT2D eigenvalue weighted by Gasteiger charge is -2.37. The molecule has 1 aliphatic heterocycles. The van der Waals surface area contributed by atoms with Crippen molar-refractivity contribution in [1.82, 2.24) is 14.9 Å². The van der Waals surface area contributed by atoms with Crippen molar-refractivity contribution in [2.75, 3.05) is 50.6 Å². The van der Waals surface area contributed by atoms with Crippen molar-refractivity contribution in [3.8, 4) is 11.5 Å². The first-order valence-corrected chi connectivity index (χ1v) is 11.2. The Balaban J connectivity index is 1.44. The normalized spacial score (nSPS) is 14.0. The number of benzene rings is 2. The Morgan fingerprint density at radius 2 is 1.62 bits per heavy atom. The van der Waals surface area contributed by atoms with E-state index in [0.29, 0.717) is 17.4 Å². The lowest BCUT2D eigenvalue weighted by atomic mass is 10.0. The summed E-state index contributed by atoms with van der Waals surface area (Å²) in [6.07, 6.45) is 1.60. The van der Waals surface area contributed by atoms with Gasteiger partial charge < -0.3 is 24.6 Å². The molecule has 0 atom stereocenters. The molecule has 8 heteroatoms. The van der Waals surface area contributed by atoms with E-state index in [0.717, 1.165) is 53.7 Å². The van der Waals surface area contributed by atoms with Crippen LogP contribution in [0.2, 0.25) is 0 Å². The summed E-state index contributed by atoms with van der Waals surface area (Å²) in [5.41, 5.74) is 3.17. The molecular formula is C24H29N5O2S. The van der Waals surface area contributed by atoms with Gasteiger partial charge >= 0.3 is 0 Å². The van der Waals surface area contributed by atoms with Crippen molar-refractivity contribution in [3.05, 3.63) is 48.3 Å². The third-order valence-electron chi connectivity index (χ3n) is 5.81. The lowest BCUT2D eigenvalue weighted by Crippen LogP contribution is -2.50. The third-order valence-corrected chi connectivity index (χ3v) is 6.17. The van der Waals surface area contributed by atoms with Crippen LogP contribution in [0.15, 0.2) is 42.7 Å². The van der Waals surface area contributed by atoms with Crippen molar-refractivity contribution in [2.45, 2.75) is 19.8 Å². The minimum atomic E-state index is 0.517. The molecule has 1 aliphatic rings. The lowest BCUT2D eigenvalue weighted by molar-refractivity contribution is 0.355. The van der Waals surface area contributed by atoms with E-state index >= 15 is 0 Å². The SMILES string of the molecule is COc1cc2ncnc(N3CCN(C(=S)Nc4ccc(C(C)C)cc4)CC3)c2cc1OC. The summed E-state index contributed by atoms with van der Waals surface area (Å²) in [5.74, 6) is 2.75. The largest absolute Gasteiger partial charge is 0.493 e. The first kappa shape index (κ1) is 22.1. The van der Waals surface area contributed by atoms with Gasteiger partial charge in [-0.3, -0.25) is 0 Å². The van der Waals surface area contributed by atoms with Gasteiger partial charge in [0, 0.05) is 43.3 Å². The molecule has 1 aromatic heterocycles. The highest BCUT2D eigenvalue weighted by Gasteiger charge is 2.22. The molecule has 1 N–H and O–H groups in total. The van der Waals surface area contributed by atoms with Gasteiger partial charge in [-0.05, 0) is 41.9 Å². The number of ether oxygens (including phenoxy) is 2. The highest BCUT2D eigenvalue weighted by Crippen LogP contribution is 2.35. The van der Waals surface area contributed by atoms with Crippen LogP contribution in [0.1, 0.15) is 25.3 Å². The number of piperazine rings is 1.